The maximum absolute atomic E-state index is 11.2. The van der Waals surface area contributed by atoms with Crippen LogP contribution in [0, 0.1) is 0 Å². The molecule has 2 heterocycles. The number of aromatic carboxylic acids is 1. The van der Waals surface area contributed by atoms with E-state index in [-0.39, 0.29) is 0 Å². The van der Waals surface area contributed by atoms with E-state index in [9.17, 15) is 9.90 Å². The standard InChI is InChI=1S/C21H24N2O2/c24-21(25)18-7-9-20-17(13-18)6-5-16-12-15(4-8-19(16)22-20)14-23-10-2-1-3-11-23/h4,7-9,12-13,22H,1-3,5-6,10-11,14H2,(H,24,25). The number of carboxylic acids is 1. The van der Waals surface area contributed by atoms with Crippen LogP contribution in [0.1, 0.15) is 46.3 Å². The molecule has 0 atom stereocenters. The molecule has 1 saturated heterocycles. The monoisotopic (exact) mass is 336 g/mol. The van der Waals surface area contributed by atoms with E-state index in [2.05, 4.69) is 28.4 Å². The number of carbonyl (C=O) groups is 1. The summed E-state index contributed by atoms with van der Waals surface area (Å²) in [5, 5.41) is 12.7. The van der Waals surface area contributed by atoms with Gasteiger partial charge in [-0.25, -0.2) is 4.79 Å². The van der Waals surface area contributed by atoms with E-state index in [1.807, 2.05) is 6.07 Å². The maximum atomic E-state index is 11.2. The highest BCUT2D eigenvalue weighted by Gasteiger charge is 2.16. The molecule has 25 heavy (non-hydrogen) atoms. The topological polar surface area (TPSA) is 52.6 Å². The number of piperidine rings is 1. The minimum atomic E-state index is -0.867. The second-order valence-corrected chi connectivity index (χ2v) is 7.13. The molecule has 2 N–H and O–H groups in total. The van der Waals surface area contributed by atoms with Crippen molar-refractivity contribution in [2.24, 2.45) is 0 Å². The number of carboxylic acid groups (broad SMARTS) is 1. The van der Waals surface area contributed by atoms with Gasteiger partial charge in [-0.2, -0.15) is 0 Å². The molecule has 0 aliphatic carbocycles. The summed E-state index contributed by atoms with van der Waals surface area (Å²) in [6, 6.07) is 12.1. The number of nitrogens with zero attached hydrogens (tertiary/aromatic N) is 1. The number of nitrogens with one attached hydrogen (secondary N) is 1. The van der Waals surface area contributed by atoms with Crippen LogP contribution in [0.2, 0.25) is 0 Å². The molecule has 0 unspecified atom stereocenters. The van der Waals surface area contributed by atoms with Gasteiger partial charge in [0.1, 0.15) is 0 Å². The van der Waals surface area contributed by atoms with Crippen molar-refractivity contribution >= 4 is 17.3 Å². The number of hydrogen-bond donors (Lipinski definition) is 2. The van der Waals surface area contributed by atoms with E-state index in [0.717, 1.165) is 36.3 Å². The first-order valence-corrected chi connectivity index (χ1v) is 9.16. The summed E-state index contributed by atoms with van der Waals surface area (Å²) >= 11 is 0. The molecule has 4 rings (SSSR count). The van der Waals surface area contributed by atoms with Gasteiger partial charge in [-0.05, 0) is 79.7 Å². The third-order valence-corrected chi connectivity index (χ3v) is 5.31. The fraction of sp³-hybridized carbons (Fsp3) is 0.381. The summed E-state index contributed by atoms with van der Waals surface area (Å²) in [4.78, 5) is 13.7. The molecule has 0 bridgehead atoms. The Morgan fingerprint density at radius 1 is 0.960 bits per heavy atom. The zero-order chi connectivity index (χ0) is 17.2. The van der Waals surface area contributed by atoms with E-state index in [1.54, 1.807) is 12.1 Å². The van der Waals surface area contributed by atoms with Crippen molar-refractivity contribution < 1.29 is 9.90 Å². The Morgan fingerprint density at radius 2 is 1.64 bits per heavy atom. The molecule has 1 fully saturated rings. The highest BCUT2D eigenvalue weighted by molar-refractivity contribution is 5.89. The van der Waals surface area contributed by atoms with E-state index in [0.29, 0.717) is 5.56 Å². The Labute approximate surface area is 148 Å². The average Bonchev–Trinajstić information content (AvgIpc) is 2.81. The SMILES string of the molecule is O=C(O)c1ccc2c(c1)CCc1cc(CN3CCCCC3)ccc1N2. The van der Waals surface area contributed by atoms with Crippen LogP contribution in [0.4, 0.5) is 11.4 Å². The van der Waals surface area contributed by atoms with Gasteiger partial charge in [-0.15, -0.1) is 0 Å². The molecule has 130 valence electrons. The van der Waals surface area contributed by atoms with Crippen molar-refractivity contribution in [3.8, 4) is 0 Å². The lowest BCUT2D eigenvalue weighted by Gasteiger charge is -2.26. The summed E-state index contributed by atoms with van der Waals surface area (Å²) in [6.45, 7) is 3.45. The minimum absolute atomic E-state index is 0.359. The van der Waals surface area contributed by atoms with Crippen LogP contribution in [0.5, 0.6) is 0 Å². The molecule has 2 aliphatic heterocycles. The van der Waals surface area contributed by atoms with Crippen LogP contribution in [0.15, 0.2) is 36.4 Å². The number of benzene rings is 2. The van der Waals surface area contributed by atoms with Gasteiger partial charge < -0.3 is 10.4 Å². The van der Waals surface area contributed by atoms with Crippen LogP contribution in [-0.2, 0) is 19.4 Å². The van der Waals surface area contributed by atoms with E-state index < -0.39 is 5.97 Å². The molecule has 4 heteroatoms. The lowest BCUT2D eigenvalue weighted by Crippen LogP contribution is -2.29. The van der Waals surface area contributed by atoms with Crippen molar-refractivity contribution in [3.63, 3.8) is 0 Å². The van der Waals surface area contributed by atoms with Gasteiger partial charge >= 0.3 is 5.97 Å². The smallest absolute Gasteiger partial charge is 0.335 e. The second-order valence-electron chi connectivity index (χ2n) is 7.13. The molecule has 2 aromatic carbocycles. The van der Waals surface area contributed by atoms with Crippen LogP contribution >= 0.6 is 0 Å². The maximum Gasteiger partial charge on any atom is 0.335 e. The third-order valence-electron chi connectivity index (χ3n) is 5.31. The third kappa shape index (κ3) is 3.54. The zero-order valence-electron chi connectivity index (χ0n) is 14.4. The number of likely N-dealkylation sites (tertiary alicyclic amines) is 1. The van der Waals surface area contributed by atoms with Crippen LogP contribution < -0.4 is 5.32 Å². The molecule has 0 saturated carbocycles. The van der Waals surface area contributed by atoms with Crippen LogP contribution in [0.25, 0.3) is 0 Å². The molecular formula is C21H24N2O2. The molecule has 4 nitrogen and oxygen atoms in total. The Bertz CT molecular complexity index is 794. The Hall–Kier alpha value is -2.33. The lowest BCUT2D eigenvalue weighted by molar-refractivity contribution is 0.0697. The minimum Gasteiger partial charge on any atom is -0.478 e. The molecular weight excluding hydrogens is 312 g/mol. The quantitative estimate of drug-likeness (QED) is 0.881. The number of anilines is 2. The summed E-state index contributed by atoms with van der Waals surface area (Å²) in [7, 11) is 0. The fourth-order valence-corrected chi connectivity index (χ4v) is 3.92. The number of rotatable bonds is 3. The van der Waals surface area contributed by atoms with Crippen molar-refractivity contribution in [2.75, 3.05) is 18.4 Å². The normalized spacial score (nSPS) is 17.1. The lowest BCUT2D eigenvalue weighted by atomic mass is 10.0. The molecule has 0 aromatic heterocycles. The Morgan fingerprint density at radius 3 is 2.36 bits per heavy atom. The van der Waals surface area contributed by atoms with Crippen LogP contribution in [0.3, 0.4) is 0 Å². The number of aryl methyl sites for hydroxylation is 2. The summed E-state index contributed by atoms with van der Waals surface area (Å²) in [6.07, 6.45) is 5.79. The van der Waals surface area contributed by atoms with Gasteiger partial charge in [0.2, 0.25) is 0 Å². The predicted octanol–water partition coefficient (Wildman–Crippen LogP) is 4.21. The van der Waals surface area contributed by atoms with Crippen molar-refractivity contribution in [3.05, 3.63) is 58.7 Å². The van der Waals surface area contributed by atoms with Gasteiger partial charge in [0, 0.05) is 17.9 Å². The van der Waals surface area contributed by atoms with Gasteiger partial charge in [0.05, 0.1) is 5.56 Å². The van der Waals surface area contributed by atoms with E-state index >= 15 is 0 Å². The van der Waals surface area contributed by atoms with Gasteiger partial charge in [0.15, 0.2) is 0 Å². The van der Waals surface area contributed by atoms with Crippen molar-refractivity contribution in [1.29, 1.82) is 0 Å². The first kappa shape index (κ1) is 16.2. The molecule has 0 spiro atoms. The predicted molar refractivity (Wildman–Crippen MR) is 99.7 cm³/mol. The summed E-state index contributed by atoms with van der Waals surface area (Å²) < 4.78 is 0. The van der Waals surface area contributed by atoms with E-state index in [4.69, 9.17) is 0 Å². The summed E-state index contributed by atoms with van der Waals surface area (Å²) in [5.41, 5.74) is 6.30. The van der Waals surface area contributed by atoms with Crippen molar-refractivity contribution in [2.45, 2.75) is 38.6 Å². The first-order chi connectivity index (χ1) is 12.2. The molecule has 0 radical (unpaired) electrons. The molecule has 0 amide bonds. The Balaban J connectivity index is 1.55. The zero-order valence-corrected chi connectivity index (χ0v) is 14.4. The highest BCUT2D eigenvalue weighted by atomic mass is 16.4. The average molecular weight is 336 g/mol. The van der Waals surface area contributed by atoms with Gasteiger partial charge in [0.25, 0.3) is 0 Å². The summed E-state index contributed by atoms with van der Waals surface area (Å²) in [5.74, 6) is -0.867. The molecule has 2 aromatic rings. The number of hydrogen-bond acceptors (Lipinski definition) is 3. The van der Waals surface area contributed by atoms with Gasteiger partial charge in [-0.1, -0.05) is 18.6 Å². The Kier molecular flexibility index (Phi) is 4.45. The van der Waals surface area contributed by atoms with Gasteiger partial charge in [-0.3, -0.25) is 4.90 Å². The van der Waals surface area contributed by atoms with E-state index in [1.165, 1.54) is 43.5 Å². The molecule has 2 aliphatic rings. The number of fused-ring (bicyclic) bond motifs is 2. The highest BCUT2D eigenvalue weighted by Crippen LogP contribution is 2.31. The first-order valence-electron chi connectivity index (χ1n) is 9.16. The largest absolute Gasteiger partial charge is 0.478 e. The van der Waals surface area contributed by atoms with Crippen molar-refractivity contribution in [1.82, 2.24) is 4.90 Å². The van der Waals surface area contributed by atoms with Crippen LogP contribution in [-0.4, -0.2) is 29.1 Å². The second kappa shape index (κ2) is 6.89. The fourth-order valence-electron chi connectivity index (χ4n) is 3.92.